The Morgan fingerprint density at radius 2 is 1.73 bits per heavy atom. The van der Waals surface area contributed by atoms with Gasteiger partial charge in [-0.3, -0.25) is 9.59 Å². The van der Waals surface area contributed by atoms with Crippen molar-refractivity contribution in [1.82, 2.24) is 0 Å². The van der Waals surface area contributed by atoms with Crippen LogP contribution >= 0.6 is 0 Å². The first kappa shape index (κ1) is 19.2. The number of halogens is 3. The molecule has 0 radical (unpaired) electrons. The Hall–Kier alpha value is -3.14. The molecule has 0 aromatic heterocycles. The summed E-state index contributed by atoms with van der Waals surface area (Å²) in [5.74, 6) is -1.99. The van der Waals surface area contributed by atoms with Gasteiger partial charge in [0.1, 0.15) is 5.92 Å². The van der Waals surface area contributed by atoms with Gasteiger partial charge in [0.05, 0.1) is 11.6 Å². The maximum absolute atomic E-state index is 12.7. The van der Waals surface area contributed by atoms with Crippen LogP contribution in [-0.2, 0) is 15.8 Å². The van der Waals surface area contributed by atoms with Gasteiger partial charge in [-0.05, 0) is 23.8 Å². The number of nitrogens with zero attached hydrogens (tertiary/aromatic N) is 1. The van der Waals surface area contributed by atoms with E-state index >= 15 is 0 Å². The summed E-state index contributed by atoms with van der Waals surface area (Å²) in [4.78, 5) is 24.1. The number of carbonyl (C=O) groups excluding carboxylic acids is 2. The second kappa shape index (κ2) is 8.30. The second-order valence-electron chi connectivity index (χ2n) is 5.57. The minimum Gasteiger partial charge on any atom is -0.326 e. The van der Waals surface area contributed by atoms with Gasteiger partial charge in [0.2, 0.25) is 5.91 Å². The first-order valence-corrected chi connectivity index (χ1v) is 7.75. The third-order valence-corrected chi connectivity index (χ3v) is 3.66. The molecular weight excluding hydrogens is 345 g/mol. The average Bonchev–Trinajstić information content (AvgIpc) is 2.61. The number of ketones is 1. The zero-order chi connectivity index (χ0) is 19.2. The topological polar surface area (TPSA) is 70.0 Å². The molecule has 4 nitrogen and oxygen atoms in total. The Bertz CT molecular complexity index is 827. The van der Waals surface area contributed by atoms with Crippen molar-refractivity contribution in [3.63, 3.8) is 0 Å². The highest BCUT2D eigenvalue weighted by Gasteiger charge is 2.30. The van der Waals surface area contributed by atoms with E-state index in [4.69, 9.17) is 0 Å². The van der Waals surface area contributed by atoms with E-state index < -0.39 is 29.3 Å². The van der Waals surface area contributed by atoms with E-state index in [9.17, 15) is 28.0 Å². The third-order valence-electron chi connectivity index (χ3n) is 3.66. The van der Waals surface area contributed by atoms with Crippen molar-refractivity contribution in [1.29, 1.82) is 5.26 Å². The molecule has 1 atom stereocenters. The van der Waals surface area contributed by atoms with Gasteiger partial charge in [-0.2, -0.15) is 18.4 Å². The van der Waals surface area contributed by atoms with Crippen LogP contribution in [0, 0.1) is 11.3 Å². The van der Waals surface area contributed by atoms with Gasteiger partial charge in [-0.15, -0.1) is 0 Å². The van der Waals surface area contributed by atoms with Crippen molar-refractivity contribution in [2.24, 2.45) is 0 Å². The van der Waals surface area contributed by atoms with Gasteiger partial charge in [0.15, 0.2) is 5.78 Å². The summed E-state index contributed by atoms with van der Waals surface area (Å²) in [5, 5.41) is 11.5. The fourth-order valence-corrected chi connectivity index (χ4v) is 2.36. The number of alkyl halides is 3. The average molecular weight is 360 g/mol. The van der Waals surface area contributed by atoms with E-state index in [1.54, 1.807) is 30.3 Å². The Kier molecular flexibility index (Phi) is 6.12. The highest BCUT2D eigenvalue weighted by atomic mass is 19.4. The lowest BCUT2D eigenvalue weighted by Gasteiger charge is -2.11. The number of amides is 1. The predicted molar refractivity (Wildman–Crippen MR) is 89.1 cm³/mol. The van der Waals surface area contributed by atoms with Crippen molar-refractivity contribution >= 4 is 17.4 Å². The van der Waals surface area contributed by atoms with Gasteiger partial charge in [0, 0.05) is 18.5 Å². The molecule has 1 N–H and O–H groups in total. The van der Waals surface area contributed by atoms with Crippen molar-refractivity contribution in [2.75, 3.05) is 5.32 Å². The normalized spacial score (nSPS) is 12.1. The summed E-state index contributed by atoms with van der Waals surface area (Å²) >= 11 is 0. The maximum atomic E-state index is 12.7. The van der Waals surface area contributed by atoms with E-state index in [-0.39, 0.29) is 18.5 Å². The molecule has 0 unspecified atom stereocenters. The molecule has 0 heterocycles. The molecule has 2 aromatic rings. The number of rotatable bonds is 6. The predicted octanol–water partition coefficient (Wildman–Crippen LogP) is 4.30. The molecule has 0 aliphatic carbocycles. The van der Waals surface area contributed by atoms with Gasteiger partial charge in [-0.25, -0.2) is 0 Å². The Labute approximate surface area is 148 Å². The zero-order valence-electron chi connectivity index (χ0n) is 13.6. The third kappa shape index (κ3) is 5.18. The summed E-state index contributed by atoms with van der Waals surface area (Å²) in [7, 11) is 0. The molecule has 0 aliphatic rings. The lowest BCUT2D eigenvalue weighted by molar-refractivity contribution is -0.137. The number of benzene rings is 2. The number of anilines is 1. The summed E-state index contributed by atoms with van der Waals surface area (Å²) in [6.45, 7) is 0. The highest BCUT2D eigenvalue weighted by Crippen LogP contribution is 2.30. The van der Waals surface area contributed by atoms with Crippen LogP contribution < -0.4 is 5.32 Å². The van der Waals surface area contributed by atoms with E-state index in [2.05, 4.69) is 5.32 Å². The van der Waals surface area contributed by atoms with Crippen molar-refractivity contribution in [2.45, 2.75) is 24.9 Å². The molecule has 134 valence electrons. The molecule has 0 aliphatic heterocycles. The molecule has 1 amide bonds. The molecule has 0 saturated heterocycles. The monoisotopic (exact) mass is 360 g/mol. The number of hydrogen-bond donors (Lipinski definition) is 1. The molecule has 0 spiro atoms. The SMILES string of the molecule is N#C[C@H](C(=O)CCC(=O)Nc1cccc(C(F)(F)F)c1)c1ccccc1. The van der Waals surface area contributed by atoms with Crippen LogP contribution in [0.5, 0.6) is 0 Å². The smallest absolute Gasteiger partial charge is 0.326 e. The molecule has 2 aromatic carbocycles. The van der Waals surface area contributed by atoms with E-state index in [1.165, 1.54) is 12.1 Å². The van der Waals surface area contributed by atoms with Gasteiger partial charge >= 0.3 is 6.18 Å². The van der Waals surface area contributed by atoms with Crippen LogP contribution in [-0.4, -0.2) is 11.7 Å². The Morgan fingerprint density at radius 1 is 1.04 bits per heavy atom. The lowest BCUT2D eigenvalue weighted by atomic mass is 9.93. The number of Topliss-reactive ketones (excluding diaryl/α,β-unsaturated/α-hetero) is 1. The fraction of sp³-hybridized carbons (Fsp3) is 0.211. The summed E-state index contributed by atoms with van der Waals surface area (Å²) in [6, 6.07) is 14.6. The highest BCUT2D eigenvalue weighted by molar-refractivity contribution is 5.95. The molecule has 26 heavy (non-hydrogen) atoms. The summed E-state index contributed by atoms with van der Waals surface area (Å²) in [5.41, 5.74) is -0.338. The minimum atomic E-state index is -4.51. The molecule has 0 saturated carbocycles. The van der Waals surface area contributed by atoms with Crippen LogP contribution in [0.2, 0.25) is 0 Å². The standard InChI is InChI=1S/C19H15F3N2O2/c20-19(21,22)14-7-4-8-15(11-14)24-18(26)10-9-17(25)16(12-23)13-5-2-1-3-6-13/h1-8,11,16H,9-10H2,(H,24,26)/t16-/m0/s1. The van der Waals surface area contributed by atoms with Crippen LogP contribution in [0.3, 0.4) is 0 Å². The fourth-order valence-electron chi connectivity index (χ4n) is 2.36. The number of hydrogen-bond acceptors (Lipinski definition) is 3. The van der Waals surface area contributed by atoms with E-state index in [1.807, 2.05) is 6.07 Å². The van der Waals surface area contributed by atoms with Crippen molar-refractivity contribution in [3.8, 4) is 6.07 Å². The Balaban J connectivity index is 1.94. The zero-order valence-corrected chi connectivity index (χ0v) is 13.6. The largest absolute Gasteiger partial charge is 0.416 e. The van der Waals surface area contributed by atoms with Gasteiger partial charge in [-0.1, -0.05) is 36.4 Å². The Morgan fingerprint density at radius 3 is 2.35 bits per heavy atom. The molecule has 0 bridgehead atoms. The molecular formula is C19H15F3N2O2. The van der Waals surface area contributed by atoms with Crippen LogP contribution in [0.25, 0.3) is 0 Å². The number of nitriles is 1. The molecule has 7 heteroatoms. The van der Waals surface area contributed by atoms with Crippen LogP contribution in [0.1, 0.15) is 29.9 Å². The minimum absolute atomic E-state index is 0.00262. The summed E-state index contributed by atoms with van der Waals surface area (Å²) in [6.07, 6.45) is -4.91. The van der Waals surface area contributed by atoms with E-state index in [0.29, 0.717) is 5.56 Å². The molecule has 0 fully saturated rings. The maximum Gasteiger partial charge on any atom is 0.416 e. The number of nitrogens with one attached hydrogen (secondary N) is 1. The quantitative estimate of drug-likeness (QED) is 0.835. The molecule has 2 rings (SSSR count). The van der Waals surface area contributed by atoms with Gasteiger partial charge < -0.3 is 5.32 Å². The van der Waals surface area contributed by atoms with E-state index in [0.717, 1.165) is 12.1 Å². The number of carbonyl (C=O) groups is 2. The lowest BCUT2D eigenvalue weighted by Crippen LogP contribution is -2.17. The first-order valence-electron chi connectivity index (χ1n) is 7.75. The summed E-state index contributed by atoms with van der Waals surface area (Å²) < 4.78 is 38.0. The van der Waals surface area contributed by atoms with Crippen LogP contribution in [0.15, 0.2) is 54.6 Å². The first-order chi connectivity index (χ1) is 12.3. The van der Waals surface area contributed by atoms with Gasteiger partial charge in [0.25, 0.3) is 0 Å². The second-order valence-corrected chi connectivity index (χ2v) is 5.57. The van der Waals surface area contributed by atoms with Crippen molar-refractivity contribution in [3.05, 3.63) is 65.7 Å². The van der Waals surface area contributed by atoms with Crippen molar-refractivity contribution < 1.29 is 22.8 Å². The van der Waals surface area contributed by atoms with Crippen LogP contribution in [0.4, 0.5) is 18.9 Å².